The van der Waals surface area contributed by atoms with Crippen molar-refractivity contribution >= 4 is 28.1 Å². The highest BCUT2D eigenvalue weighted by molar-refractivity contribution is 6.33. The number of aromatic amines is 1. The van der Waals surface area contributed by atoms with Gasteiger partial charge in [-0.3, -0.25) is 4.79 Å². The number of carbonyl (C=O) groups excluding carboxylic acids is 1. The topological polar surface area (TPSA) is 106 Å². The zero-order chi connectivity index (χ0) is 22.8. The number of imidazole rings is 1. The lowest BCUT2D eigenvalue weighted by Gasteiger charge is -2.11. The molecule has 1 unspecified atom stereocenters. The van der Waals surface area contributed by atoms with Crippen LogP contribution in [-0.2, 0) is 0 Å². The maximum Gasteiger partial charge on any atom is 0.200 e. The zero-order valence-electron chi connectivity index (χ0n) is 16.6. The minimum atomic E-state index is -1.10. The molecule has 0 fully saturated rings. The summed E-state index contributed by atoms with van der Waals surface area (Å²) in [4.78, 5) is 20.5. The van der Waals surface area contributed by atoms with Crippen LogP contribution >= 0.6 is 0 Å². The number of nitrogens with zero attached hydrogens (tertiary/aromatic N) is 1. The second kappa shape index (κ2) is 8.70. The molecular weight excluding hydrogens is 418 g/mol. The van der Waals surface area contributed by atoms with Gasteiger partial charge in [0.1, 0.15) is 34.9 Å². The smallest absolute Gasteiger partial charge is 0.200 e. The largest absolute Gasteiger partial charge is 0.506 e. The van der Waals surface area contributed by atoms with E-state index in [0.29, 0.717) is 16.6 Å². The molecule has 4 rings (SSSR count). The van der Waals surface area contributed by atoms with Crippen LogP contribution in [0.4, 0.5) is 8.78 Å². The Balaban J connectivity index is 1.87. The maximum atomic E-state index is 13.8. The van der Waals surface area contributed by atoms with E-state index in [-0.39, 0.29) is 22.5 Å². The molecule has 0 aliphatic rings. The number of aromatic nitrogens is 2. The fraction of sp³-hybridized carbons (Fsp3) is 0.0833. The number of halogens is 2. The number of aliphatic hydroxyl groups excluding tert-OH is 3. The molecule has 4 N–H and O–H groups in total. The Hall–Kier alpha value is -3.88. The summed E-state index contributed by atoms with van der Waals surface area (Å²) in [5, 5.41) is 29.8. The minimum Gasteiger partial charge on any atom is -0.506 e. The number of carbonyl (C=O) groups is 1. The fourth-order valence-electron chi connectivity index (χ4n) is 3.31. The Kier molecular flexibility index (Phi) is 5.81. The summed E-state index contributed by atoms with van der Waals surface area (Å²) in [6.07, 6.45) is -1.10. The number of benzene rings is 3. The first kappa shape index (κ1) is 21.4. The molecule has 0 amide bonds. The summed E-state index contributed by atoms with van der Waals surface area (Å²) < 4.78 is 27.4. The third kappa shape index (κ3) is 4.14. The van der Waals surface area contributed by atoms with Crippen LogP contribution < -0.4 is 0 Å². The predicted octanol–water partition coefficient (Wildman–Crippen LogP) is 4.18. The van der Waals surface area contributed by atoms with Crippen LogP contribution in [0.15, 0.2) is 66.7 Å². The summed E-state index contributed by atoms with van der Waals surface area (Å²) >= 11 is 0. The van der Waals surface area contributed by atoms with Gasteiger partial charge in [0.2, 0.25) is 5.78 Å². The van der Waals surface area contributed by atoms with Gasteiger partial charge in [0, 0.05) is 11.1 Å². The van der Waals surface area contributed by atoms with Gasteiger partial charge in [0.25, 0.3) is 0 Å². The normalized spacial score (nSPS) is 13.1. The van der Waals surface area contributed by atoms with Crippen LogP contribution in [0.2, 0.25) is 0 Å². The number of rotatable bonds is 6. The van der Waals surface area contributed by atoms with Crippen LogP contribution in [0, 0.1) is 11.6 Å². The van der Waals surface area contributed by atoms with Gasteiger partial charge in [-0.05, 0) is 35.9 Å². The van der Waals surface area contributed by atoms with Crippen molar-refractivity contribution in [1.82, 2.24) is 9.97 Å². The lowest BCUT2D eigenvalue weighted by atomic mass is 9.97. The van der Waals surface area contributed by atoms with Gasteiger partial charge in [0.15, 0.2) is 0 Å². The molecule has 4 aromatic rings. The molecule has 1 aromatic heterocycles. The second-order valence-electron chi connectivity index (χ2n) is 7.13. The number of hydrogen-bond acceptors (Lipinski definition) is 5. The first-order valence-corrected chi connectivity index (χ1v) is 9.66. The number of H-pyrrole nitrogens is 1. The van der Waals surface area contributed by atoms with Gasteiger partial charge in [-0.2, -0.15) is 0 Å². The molecule has 0 aliphatic carbocycles. The summed E-state index contributed by atoms with van der Waals surface area (Å²) in [6.45, 7) is -0.478. The van der Waals surface area contributed by atoms with Gasteiger partial charge in [-0.25, -0.2) is 13.8 Å². The van der Waals surface area contributed by atoms with Crippen LogP contribution in [0.1, 0.15) is 33.4 Å². The second-order valence-corrected chi connectivity index (χ2v) is 7.13. The van der Waals surface area contributed by atoms with Crippen LogP contribution in [0.5, 0.6) is 0 Å². The molecule has 0 aliphatic heterocycles. The number of Topliss-reactive ketones (excluding diaryl/α,β-unsaturated/α-hetero) is 1. The molecule has 3 aromatic carbocycles. The van der Waals surface area contributed by atoms with E-state index in [4.69, 9.17) is 5.11 Å². The predicted molar refractivity (Wildman–Crippen MR) is 115 cm³/mol. The molecule has 0 bridgehead atoms. The lowest BCUT2D eigenvalue weighted by Crippen LogP contribution is -2.09. The van der Waals surface area contributed by atoms with Gasteiger partial charge in [-0.15, -0.1) is 0 Å². The van der Waals surface area contributed by atoms with E-state index in [1.165, 1.54) is 60.7 Å². The van der Waals surface area contributed by atoms with E-state index >= 15 is 0 Å². The molecule has 0 saturated carbocycles. The molecule has 0 radical (unpaired) electrons. The van der Waals surface area contributed by atoms with Crippen molar-refractivity contribution in [3.63, 3.8) is 0 Å². The molecule has 0 spiro atoms. The summed E-state index contributed by atoms with van der Waals surface area (Å²) in [5.74, 6) is -2.26. The number of fused-ring (bicyclic) bond motifs is 1. The van der Waals surface area contributed by atoms with E-state index in [0.717, 1.165) is 6.07 Å². The summed E-state index contributed by atoms with van der Waals surface area (Å²) in [6, 6.07) is 14.8. The van der Waals surface area contributed by atoms with Crippen molar-refractivity contribution < 1.29 is 28.9 Å². The van der Waals surface area contributed by atoms with Gasteiger partial charge >= 0.3 is 0 Å². The van der Waals surface area contributed by atoms with Crippen LogP contribution in [-0.4, -0.2) is 37.7 Å². The number of ketones is 1. The molecule has 0 saturated heterocycles. The monoisotopic (exact) mass is 436 g/mol. The average molecular weight is 436 g/mol. The zero-order valence-corrected chi connectivity index (χ0v) is 16.6. The SMILES string of the molecule is O=C(C(=C(O)c1cccc(F)c1)c1nc2ccc(F)cc2[nH]1)c1ccc(C(O)CO)cc1. The molecule has 32 heavy (non-hydrogen) atoms. The molecule has 162 valence electrons. The number of allylic oxidation sites excluding steroid dienone is 1. The van der Waals surface area contributed by atoms with E-state index < -0.39 is 35.9 Å². The van der Waals surface area contributed by atoms with Crippen LogP contribution in [0.25, 0.3) is 22.4 Å². The number of nitrogens with one attached hydrogen (secondary N) is 1. The number of aliphatic hydroxyl groups is 3. The Morgan fingerprint density at radius 2 is 1.69 bits per heavy atom. The molecule has 6 nitrogen and oxygen atoms in total. The quantitative estimate of drug-likeness (QED) is 0.206. The van der Waals surface area contributed by atoms with Crippen molar-refractivity contribution in [3.8, 4) is 0 Å². The van der Waals surface area contributed by atoms with Gasteiger partial charge < -0.3 is 20.3 Å². The Morgan fingerprint density at radius 1 is 0.969 bits per heavy atom. The Morgan fingerprint density at radius 3 is 2.38 bits per heavy atom. The highest BCUT2D eigenvalue weighted by Crippen LogP contribution is 2.29. The van der Waals surface area contributed by atoms with Crippen LogP contribution in [0.3, 0.4) is 0 Å². The van der Waals surface area contributed by atoms with Gasteiger partial charge in [-0.1, -0.05) is 36.4 Å². The number of hydrogen-bond donors (Lipinski definition) is 4. The van der Waals surface area contributed by atoms with Crippen molar-refractivity contribution in [3.05, 3.63) is 101 Å². The Bertz CT molecular complexity index is 1330. The third-order valence-electron chi connectivity index (χ3n) is 4.97. The molecule has 1 atom stereocenters. The first-order valence-electron chi connectivity index (χ1n) is 9.66. The van der Waals surface area contributed by atoms with Crippen molar-refractivity contribution in [2.75, 3.05) is 6.61 Å². The maximum absolute atomic E-state index is 13.8. The van der Waals surface area contributed by atoms with Gasteiger partial charge in [0.05, 0.1) is 17.6 Å². The Labute approximate surface area is 181 Å². The molecule has 8 heteroatoms. The molecule has 1 heterocycles. The fourth-order valence-corrected chi connectivity index (χ4v) is 3.31. The lowest BCUT2D eigenvalue weighted by molar-refractivity contribution is 0.0955. The van der Waals surface area contributed by atoms with E-state index in [2.05, 4.69) is 9.97 Å². The highest BCUT2D eigenvalue weighted by Gasteiger charge is 2.24. The van der Waals surface area contributed by atoms with E-state index in [9.17, 15) is 23.8 Å². The van der Waals surface area contributed by atoms with E-state index in [1.807, 2.05) is 0 Å². The van der Waals surface area contributed by atoms with E-state index in [1.54, 1.807) is 0 Å². The first-order chi connectivity index (χ1) is 15.4. The summed E-state index contributed by atoms with van der Waals surface area (Å²) in [7, 11) is 0. The van der Waals surface area contributed by atoms with Crippen molar-refractivity contribution in [1.29, 1.82) is 0 Å². The van der Waals surface area contributed by atoms with Crippen molar-refractivity contribution in [2.24, 2.45) is 0 Å². The average Bonchev–Trinajstić information content (AvgIpc) is 3.21. The summed E-state index contributed by atoms with van der Waals surface area (Å²) in [5.41, 5.74) is 1.08. The minimum absolute atomic E-state index is 0.0168. The highest BCUT2D eigenvalue weighted by atomic mass is 19.1. The third-order valence-corrected chi connectivity index (χ3v) is 4.97. The molecular formula is C24H18F2N2O4. The standard InChI is InChI=1S/C24H18F2N2O4/c25-16-3-1-2-15(10-16)23(32)21(24-27-18-9-8-17(26)11-19(18)28-24)22(31)14-6-4-13(5-7-14)20(30)12-29/h1-11,20,29-30,32H,12H2,(H,27,28). The van der Waals surface area contributed by atoms with Crippen molar-refractivity contribution in [2.45, 2.75) is 6.10 Å².